The average Bonchev–Trinajstić information content (AvgIpc) is 2.78. The second kappa shape index (κ2) is 2.72. The number of nitrogen functional groups attached to an aromatic ring is 1. The lowest BCUT2D eigenvalue weighted by molar-refractivity contribution is 0.460. The fourth-order valence-electron chi connectivity index (χ4n) is 2.85. The van der Waals surface area contributed by atoms with E-state index in [0.29, 0.717) is 11.6 Å². The van der Waals surface area contributed by atoms with E-state index in [4.69, 9.17) is 5.73 Å². The molecule has 76 valence electrons. The topological polar surface area (TPSA) is 54.7 Å². The molecule has 1 heterocycles. The Labute approximate surface area is 81.9 Å². The molecule has 2 aliphatic rings. The van der Waals surface area contributed by atoms with Gasteiger partial charge in [0, 0.05) is 0 Å². The van der Waals surface area contributed by atoms with Crippen molar-refractivity contribution < 1.29 is 4.39 Å². The van der Waals surface area contributed by atoms with Crippen LogP contribution in [0, 0.1) is 23.6 Å². The third kappa shape index (κ3) is 1.13. The standard InChI is InChI=1S/C10H14FN3/c11-9-8(13-14-10(9)12)4-6-2-1-5-3-7(5)6/h5-7H,1-4H2,(H3,12,13,14)/t5-,6?,7+/m1/s1. The van der Waals surface area contributed by atoms with Crippen LogP contribution in [-0.2, 0) is 6.42 Å². The van der Waals surface area contributed by atoms with Crippen LogP contribution >= 0.6 is 0 Å². The van der Waals surface area contributed by atoms with Crippen molar-refractivity contribution in [2.24, 2.45) is 17.8 Å². The predicted molar refractivity (Wildman–Crippen MR) is 51.0 cm³/mol. The number of aromatic amines is 1. The monoisotopic (exact) mass is 195 g/mol. The van der Waals surface area contributed by atoms with E-state index in [2.05, 4.69) is 10.2 Å². The van der Waals surface area contributed by atoms with Crippen molar-refractivity contribution in [3.63, 3.8) is 0 Å². The first-order valence-corrected chi connectivity index (χ1v) is 5.24. The molecule has 0 amide bonds. The molecule has 0 aliphatic heterocycles. The van der Waals surface area contributed by atoms with Crippen LogP contribution in [0.2, 0.25) is 0 Å². The number of anilines is 1. The van der Waals surface area contributed by atoms with Crippen molar-refractivity contribution in [2.75, 3.05) is 5.73 Å². The smallest absolute Gasteiger partial charge is 0.187 e. The number of rotatable bonds is 2. The Hall–Kier alpha value is -1.06. The van der Waals surface area contributed by atoms with Crippen LogP contribution < -0.4 is 5.73 Å². The van der Waals surface area contributed by atoms with Gasteiger partial charge in [-0.2, -0.15) is 5.10 Å². The number of nitrogens with one attached hydrogen (secondary N) is 1. The molecule has 0 spiro atoms. The Morgan fingerprint density at radius 1 is 1.50 bits per heavy atom. The van der Waals surface area contributed by atoms with Gasteiger partial charge in [0.2, 0.25) is 0 Å². The second-order valence-corrected chi connectivity index (χ2v) is 4.60. The quantitative estimate of drug-likeness (QED) is 0.755. The summed E-state index contributed by atoms with van der Waals surface area (Å²) >= 11 is 0. The maximum atomic E-state index is 13.3. The SMILES string of the molecule is Nc1n[nH]c(CC2CC[C@@H]3C[C@H]23)c1F. The minimum Gasteiger partial charge on any atom is -0.380 e. The molecule has 2 fully saturated rings. The number of halogens is 1. The van der Waals surface area contributed by atoms with E-state index < -0.39 is 0 Å². The van der Waals surface area contributed by atoms with Crippen molar-refractivity contribution >= 4 is 5.82 Å². The summed E-state index contributed by atoms with van der Waals surface area (Å²) in [5.74, 6) is 2.14. The molecule has 3 nitrogen and oxygen atoms in total. The summed E-state index contributed by atoms with van der Waals surface area (Å²) < 4.78 is 13.3. The van der Waals surface area contributed by atoms with Gasteiger partial charge in [-0.1, -0.05) is 0 Å². The third-order valence-electron chi connectivity index (χ3n) is 3.76. The maximum absolute atomic E-state index is 13.3. The van der Waals surface area contributed by atoms with E-state index in [1.165, 1.54) is 19.3 Å². The highest BCUT2D eigenvalue weighted by Crippen LogP contribution is 2.56. The van der Waals surface area contributed by atoms with Gasteiger partial charge < -0.3 is 5.73 Å². The van der Waals surface area contributed by atoms with Gasteiger partial charge in [0.25, 0.3) is 0 Å². The predicted octanol–water partition coefficient (Wildman–Crippen LogP) is 1.72. The summed E-state index contributed by atoms with van der Waals surface area (Å²) in [6, 6.07) is 0. The van der Waals surface area contributed by atoms with E-state index in [1.54, 1.807) is 0 Å². The molecule has 1 unspecified atom stereocenters. The van der Waals surface area contributed by atoms with Crippen LogP contribution in [0.5, 0.6) is 0 Å². The first-order valence-electron chi connectivity index (χ1n) is 5.24. The van der Waals surface area contributed by atoms with E-state index in [9.17, 15) is 4.39 Å². The third-order valence-corrected chi connectivity index (χ3v) is 3.76. The summed E-state index contributed by atoms with van der Waals surface area (Å²) in [7, 11) is 0. The molecule has 3 rings (SSSR count). The Bertz CT molecular complexity index is 360. The molecule has 0 saturated heterocycles. The molecule has 1 aromatic heterocycles. The first kappa shape index (κ1) is 8.26. The largest absolute Gasteiger partial charge is 0.380 e. The van der Waals surface area contributed by atoms with Crippen molar-refractivity contribution in [2.45, 2.75) is 25.7 Å². The van der Waals surface area contributed by atoms with Gasteiger partial charge >= 0.3 is 0 Å². The molecule has 1 aromatic rings. The fourth-order valence-corrected chi connectivity index (χ4v) is 2.85. The molecule has 2 aliphatic carbocycles. The summed E-state index contributed by atoms with van der Waals surface area (Å²) in [6.07, 6.45) is 4.72. The molecule has 3 atom stereocenters. The lowest BCUT2D eigenvalue weighted by Crippen LogP contribution is -2.05. The van der Waals surface area contributed by atoms with Gasteiger partial charge in [0.05, 0.1) is 5.69 Å². The van der Waals surface area contributed by atoms with Gasteiger partial charge in [0.15, 0.2) is 11.6 Å². The second-order valence-electron chi connectivity index (χ2n) is 4.60. The molecule has 2 saturated carbocycles. The van der Waals surface area contributed by atoms with E-state index in [1.807, 2.05) is 0 Å². The molecule has 4 heteroatoms. The van der Waals surface area contributed by atoms with Crippen molar-refractivity contribution in [1.82, 2.24) is 10.2 Å². The van der Waals surface area contributed by atoms with E-state index >= 15 is 0 Å². The van der Waals surface area contributed by atoms with Crippen LogP contribution in [0.15, 0.2) is 0 Å². The zero-order chi connectivity index (χ0) is 9.71. The normalized spacial score (nSPS) is 34.5. The molecular formula is C10H14FN3. The highest BCUT2D eigenvalue weighted by Gasteiger charge is 2.47. The summed E-state index contributed by atoms with van der Waals surface area (Å²) in [5, 5.41) is 6.36. The molecule has 0 bridgehead atoms. The number of hydrogen-bond acceptors (Lipinski definition) is 2. The van der Waals surface area contributed by atoms with Gasteiger partial charge in [-0.05, 0) is 43.4 Å². The minimum absolute atomic E-state index is 0.00495. The van der Waals surface area contributed by atoms with Gasteiger partial charge in [-0.25, -0.2) is 4.39 Å². The van der Waals surface area contributed by atoms with Crippen LogP contribution in [-0.4, -0.2) is 10.2 Å². The highest BCUT2D eigenvalue weighted by molar-refractivity contribution is 5.31. The minimum atomic E-state index is -0.339. The summed E-state index contributed by atoms with van der Waals surface area (Å²) in [4.78, 5) is 0. The number of hydrogen-bond donors (Lipinski definition) is 2. The van der Waals surface area contributed by atoms with Crippen molar-refractivity contribution in [3.05, 3.63) is 11.5 Å². The first-order chi connectivity index (χ1) is 6.75. The van der Waals surface area contributed by atoms with Gasteiger partial charge in [-0.3, -0.25) is 5.10 Å². The number of H-pyrrole nitrogens is 1. The fraction of sp³-hybridized carbons (Fsp3) is 0.700. The van der Waals surface area contributed by atoms with E-state index in [0.717, 1.165) is 18.3 Å². The van der Waals surface area contributed by atoms with Crippen LogP contribution in [0.3, 0.4) is 0 Å². The van der Waals surface area contributed by atoms with Gasteiger partial charge in [-0.15, -0.1) is 0 Å². The summed E-state index contributed by atoms with van der Waals surface area (Å²) in [5.41, 5.74) is 5.94. The lowest BCUT2D eigenvalue weighted by Gasteiger charge is -2.09. The Balaban J connectivity index is 1.74. The lowest BCUT2D eigenvalue weighted by atomic mass is 9.97. The number of aromatic nitrogens is 2. The maximum Gasteiger partial charge on any atom is 0.187 e. The van der Waals surface area contributed by atoms with E-state index in [-0.39, 0.29) is 11.6 Å². The molecule has 14 heavy (non-hydrogen) atoms. The zero-order valence-corrected chi connectivity index (χ0v) is 7.96. The van der Waals surface area contributed by atoms with Crippen molar-refractivity contribution in [1.29, 1.82) is 0 Å². The molecule has 3 N–H and O–H groups in total. The molecule has 0 radical (unpaired) electrons. The van der Waals surface area contributed by atoms with Crippen LogP contribution in [0.4, 0.5) is 10.2 Å². The summed E-state index contributed by atoms with van der Waals surface area (Å²) in [6.45, 7) is 0. The average molecular weight is 195 g/mol. The van der Waals surface area contributed by atoms with Crippen LogP contribution in [0.1, 0.15) is 25.0 Å². The van der Waals surface area contributed by atoms with Crippen LogP contribution in [0.25, 0.3) is 0 Å². The Morgan fingerprint density at radius 3 is 2.86 bits per heavy atom. The Morgan fingerprint density at radius 2 is 2.36 bits per heavy atom. The van der Waals surface area contributed by atoms with Crippen molar-refractivity contribution in [3.8, 4) is 0 Å². The number of fused-ring (bicyclic) bond motifs is 1. The van der Waals surface area contributed by atoms with Gasteiger partial charge in [0.1, 0.15) is 0 Å². The number of nitrogens with two attached hydrogens (primary N) is 1. The zero-order valence-electron chi connectivity index (χ0n) is 7.96. The highest BCUT2D eigenvalue weighted by atomic mass is 19.1. The number of nitrogens with zero attached hydrogens (tertiary/aromatic N) is 1. The molecule has 0 aromatic carbocycles. The Kier molecular flexibility index (Phi) is 1.60. The molecular weight excluding hydrogens is 181 g/mol.